The maximum Gasteiger partial charge on any atom is 0.226 e. The molecule has 4 rings (SSSR count). The fourth-order valence-electron chi connectivity index (χ4n) is 4.71. The van der Waals surface area contributed by atoms with Gasteiger partial charge in [-0.15, -0.1) is 5.10 Å². The van der Waals surface area contributed by atoms with E-state index in [0.717, 1.165) is 44.3 Å². The first-order chi connectivity index (χ1) is 14.5. The molecule has 0 aromatic heterocycles. The van der Waals surface area contributed by atoms with Crippen LogP contribution in [-0.4, -0.2) is 24.9 Å². The van der Waals surface area contributed by atoms with E-state index in [1.807, 2.05) is 19.1 Å². The van der Waals surface area contributed by atoms with Crippen LogP contribution in [0.3, 0.4) is 0 Å². The molecule has 0 unspecified atom stereocenters. The van der Waals surface area contributed by atoms with Crippen molar-refractivity contribution in [3.05, 3.63) is 41.7 Å². The van der Waals surface area contributed by atoms with E-state index in [1.54, 1.807) is 0 Å². The lowest BCUT2D eigenvalue weighted by Crippen LogP contribution is -2.52. The van der Waals surface area contributed by atoms with E-state index in [1.165, 1.54) is 5.56 Å². The number of carbonyl (C=O) groups is 1. The average Bonchev–Trinajstić information content (AvgIpc) is 2.80. The van der Waals surface area contributed by atoms with Gasteiger partial charge in [0, 0.05) is 5.41 Å². The Bertz CT molecular complexity index is 810. The van der Waals surface area contributed by atoms with Gasteiger partial charge in [0.1, 0.15) is 18.2 Å². The van der Waals surface area contributed by atoms with E-state index in [9.17, 15) is 9.18 Å². The van der Waals surface area contributed by atoms with Crippen molar-refractivity contribution in [2.75, 3.05) is 13.2 Å². The first-order valence-electron chi connectivity index (χ1n) is 10.5. The average molecular weight is 416 g/mol. The fourth-order valence-corrected chi connectivity index (χ4v) is 4.71. The number of rotatable bonds is 9. The van der Waals surface area contributed by atoms with Gasteiger partial charge in [0.25, 0.3) is 0 Å². The molecular formula is C22H30FN5O2. The van der Waals surface area contributed by atoms with Crippen molar-refractivity contribution in [3.8, 4) is 5.75 Å². The smallest absolute Gasteiger partial charge is 0.226 e. The van der Waals surface area contributed by atoms with Crippen molar-refractivity contribution in [2.45, 2.75) is 57.3 Å². The number of nitrogens with zero attached hydrogens (tertiary/aromatic N) is 2. The number of hydrogen-bond donors (Lipinski definition) is 3. The minimum Gasteiger partial charge on any atom is -0.489 e. The Morgan fingerprint density at radius 3 is 2.40 bits per heavy atom. The number of nitrogens with one attached hydrogen (secondary N) is 2. The molecule has 0 radical (unpaired) electrons. The number of ether oxygens (including phenoxy) is 1. The zero-order chi connectivity index (χ0) is 21.6. The summed E-state index contributed by atoms with van der Waals surface area (Å²) in [5.74, 6) is 0.892. The van der Waals surface area contributed by atoms with Crippen molar-refractivity contribution in [1.29, 1.82) is 5.53 Å². The molecule has 30 heavy (non-hydrogen) atoms. The highest BCUT2D eigenvalue weighted by atomic mass is 19.1. The van der Waals surface area contributed by atoms with Crippen LogP contribution in [0.25, 0.3) is 0 Å². The zero-order valence-corrected chi connectivity index (χ0v) is 17.4. The number of amidine groups is 1. The summed E-state index contributed by atoms with van der Waals surface area (Å²) in [5.41, 5.74) is 14.0. The number of fused-ring (bicyclic) bond motifs is 3. The molecular weight excluding hydrogens is 385 g/mol. The van der Waals surface area contributed by atoms with E-state index in [0.29, 0.717) is 18.3 Å². The van der Waals surface area contributed by atoms with Crippen molar-refractivity contribution >= 4 is 11.7 Å². The third-order valence-corrected chi connectivity index (χ3v) is 6.84. The van der Waals surface area contributed by atoms with Crippen LogP contribution >= 0.6 is 0 Å². The maximum absolute atomic E-state index is 12.8. The molecule has 0 saturated heterocycles. The van der Waals surface area contributed by atoms with Gasteiger partial charge in [0.05, 0.1) is 12.9 Å². The summed E-state index contributed by atoms with van der Waals surface area (Å²) < 4.78 is 18.4. The molecule has 1 aromatic rings. The van der Waals surface area contributed by atoms with Gasteiger partial charge in [-0.1, -0.05) is 24.3 Å². The van der Waals surface area contributed by atoms with Crippen LogP contribution in [0.5, 0.6) is 5.75 Å². The number of amides is 1. The molecule has 3 fully saturated rings. The lowest BCUT2D eigenvalue weighted by molar-refractivity contribution is -0.137. The van der Waals surface area contributed by atoms with Gasteiger partial charge in [0.2, 0.25) is 5.91 Å². The van der Waals surface area contributed by atoms with Gasteiger partial charge in [-0.3, -0.25) is 4.79 Å². The van der Waals surface area contributed by atoms with Crippen LogP contribution in [0.2, 0.25) is 0 Å². The molecule has 162 valence electrons. The van der Waals surface area contributed by atoms with Crippen molar-refractivity contribution in [2.24, 2.45) is 21.5 Å². The van der Waals surface area contributed by atoms with Gasteiger partial charge >= 0.3 is 0 Å². The van der Waals surface area contributed by atoms with E-state index in [-0.39, 0.29) is 35.7 Å². The highest BCUT2D eigenvalue weighted by molar-refractivity contribution is 5.89. The largest absolute Gasteiger partial charge is 0.489 e. The Morgan fingerprint density at radius 2 is 1.87 bits per heavy atom. The topological polar surface area (TPSA) is 113 Å². The Kier molecular flexibility index (Phi) is 6.84. The van der Waals surface area contributed by atoms with Crippen LogP contribution in [0.15, 0.2) is 46.5 Å². The Morgan fingerprint density at radius 1 is 1.23 bits per heavy atom. The maximum atomic E-state index is 12.8. The van der Waals surface area contributed by atoms with Gasteiger partial charge in [0.15, 0.2) is 0 Å². The molecule has 3 aliphatic carbocycles. The normalized spacial score (nSPS) is 26.3. The molecule has 8 heteroatoms. The molecule has 3 saturated carbocycles. The number of halogens is 1. The van der Waals surface area contributed by atoms with Crippen LogP contribution in [0, 0.1) is 10.9 Å². The Hall–Kier alpha value is -2.77. The second-order valence-electron chi connectivity index (χ2n) is 8.37. The second-order valence-corrected chi connectivity index (χ2v) is 8.37. The molecule has 2 bridgehead atoms. The summed E-state index contributed by atoms with van der Waals surface area (Å²) in [6, 6.07) is 8.14. The van der Waals surface area contributed by atoms with E-state index in [2.05, 4.69) is 27.8 Å². The summed E-state index contributed by atoms with van der Waals surface area (Å²) in [6.45, 7) is 2.28. The van der Waals surface area contributed by atoms with Crippen molar-refractivity contribution in [1.82, 2.24) is 5.32 Å². The second kappa shape index (κ2) is 9.36. The van der Waals surface area contributed by atoms with Crippen molar-refractivity contribution in [3.63, 3.8) is 0 Å². The van der Waals surface area contributed by atoms with Crippen LogP contribution in [0.1, 0.15) is 57.4 Å². The van der Waals surface area contributed by atoms with Crippen LogP contribution in [-0.2, 0) is 10.2 Å². The number of carbonyl (C=O) groups excluding carboxylic acids is 1. The third-order valence-electron chi connectivity index (χ3n) is 6.84. The van der Waals surface area contributed by atoms with Gasteiger partial charge < -0.3 is 15.8 Å². The number of nitrogens with two attached hydrogens (primary N) is 1. The predicted molar refractivity (Wildman–Crippen MR) is 113 cm³/mol. The summed E-state index contributed by atoms with van der Waals surface area (Å²) >= 11 is 0. The van der Waals surface area contributed by atoms with E-state index in [4.69, 9.17) is 16.0 Å². The molecule has 4 N–H and O–H groups in total. The third kappa shape index (κ3) is 4.52. The standard InChI is InChI=1S/C22H30FN5O2/c1-2-16(13-23)15-30-18-5-3-17(4-6-18)21-7-10-22(11-8-21,12-9-21)20(29)26-14-19(24)27-28-25/h3-6,13H,2,7-12,14-15H2,1H3,(H,26,29)(H3,24,25,27)/b16-13+. The van der Waals surface area contributed by atoms with Gasteiger partial charge in [-0.25, -0.2) is 4.39 Å². The molecule has 3 aliphatic rings. The highest BCUT2D eigenvalue weighted by Gasteiger charge is 2.52. The first-order valence-corrected chi connectivity index (χ1v) is 10.5. The van der Waals surface area contributed by atoms with Crippen molar-refractivity contribution < 1.29 is 13.9 Å². The number of benzene rings is 1. The van der Waals surface area contributed by atoms with Crippen LogP contribution in [0.4, 0.5) is 4.39 Å². The Balaban J connectivity index is 1.60. The minimum absolute atomic E-state index is 0.0234. The Labute approximate surface area is 176 Å². The molecule has 0 spiro atoms. The zero-order valence-electron chi connectivity index (χ0n) is 17.4. The molecule has 1 aromatic carbocycles. The minimum atomic E-state index is -0.335. The van der Waals surface area contributed by atoms with Gasteiger partial charge in [-0.05, 0) is 73.6 Å². The first kappa shape index (κ1) is 21.9. The summed E-state index contributed by atoms with van der Waals surface area (Å²) in [7, 11) is 0. The number of hydrogen-bond acceptors (Lipinski definition) is 4. The molecule has 0 heterocycles. The molecule has 1 amide bonds. The lowest BCUT2D eigenvalue weighted by Gasteiger charge is -2.52. The molecule has 0 aliphatic heterocycles. The van der Waals surface area contributed by atoms with E-state index >= 15 is 0 Å². The van der Waals surface area contributed by atoms with Crippen LogP contribution < -0.4 is 15.8 Å². The summed E-state index contributed by atoms with van der Waals surface area (Å²) in [5, 5.41) is 9.17. The summed E-state index contributed by atoms with van der Waals surface area (Å²) in [6.07, 6.45) is 6.69. The summed E-state index contributed by atoms with van der Waals surface area (Å²) in [4.78, 5) is 12.8. The lowest BCUT2D eigenvalue weighted by atomic mass is 9.51. The monoisotopic (exact) mass is 415 g/mol. The highest BCUT2D eigenvalue weighted by Crippen LogP contribution is 2.57. The van der Waals surface area contributed by atoms with Gasteiger partial charge in [-0.2, -0.15) is 5.53 Å². The van der Waals surface area contributed by atoms with E-state index < -0.39 is 0 Å². The molecule has 0 atom stereocenters. The quantitative estimate of drug-likeness (QED) is 0.241. The fraction of sp³-hybridized carbons (Fsp3) is 0.545. The predicted octanol–water partition coefficient (Wildman–Crippen LogP) is 4.34. The molecule has 7 nitrogen and oxygen atoms in total. The SMILES string of the molecule is CC/C(=C\F)COc1ccc(C23CCC(C(=O)NCC(N)=NN=N)(CC2)CC3)cc1.